The van der Waals surface area contributed by atoms with Gasteiger partial charge in [0.1, 0.15) is 17.0 Å². The summed E-state index contributed by atoms with van der Waals surface area (Å²) in [6.45, 7) is 4.12. The lowest BCUT2D eigenvalue weighted by Crippen LogP contribution is -2.30. The molecule has 2 N–H and O–H groups in total. The number of hydrogen-bond donors (Lipinski definition) is 1. The van der Waals surface area contributed by atoms with Crippen molar-refractivity contribution >= 4 is 27.4 Å². The maximum atomic E-state index is 6.31. The Bertz CT molecular complexity index is 619. The summed E-state index contributed by atoms with van der Waals surface area (Å²) >= 11 is 1.74. The zero-order valence-corrected chi connectivity index (χ0v) is 11.9. The predicted octanol–water partition coefficient (Wildman–Crippen LogP) is 2.17. The lowest BCUT2D eigenvalue weighted by atomic mass is 9.99. The van der Waals surface area contributed by atoms with E-state index in [2.05, 4.69) is 27.9 Å². The van der Waals surface area contributed by atoms with Crippen LogP contribution in [-0.4, -0.2) is 29.1 Å². The van der Waals surface area contributed by atoms with Crippen LogP contribution in [0, 0.1) is 18.8 Å². The summed E-state index contributed by atoms with van der Waals surface area (Å²) in [5.41, 5.74) is 6.31. The fourth-order valence-electron chi connectivity index (χ4n) is 3.27. The number of fused-ring (bicyclic) bond motifs is 1. The smallest absolute Gasteiger partial charge is 0.140 e. The van der Waals surface area contributed by atoms with E-state index in [-0.39, 0.29) is 0 Å². The minimum Gasteiger partial charge on any atom is -0.354 e. The molecular formula is C14H18N4S. The molecule has 0 spiro atoms. The summed E-state index contributed by atoms with van der Waals surface area (Å²) < 4.78 is 0. The number of nitrogens with two attached hydrogens (primary N) is 1. The second-order valence-corrected chi connectivity index (χ2v) is 7.08. The first kappa shape index (κ1) is 11.6. The summed E-state index contributed by atoms with van der Waals surface area (Å²) in [7, 11) is 0. The first-order valence-electron chi connectivity index (χ1n) is 6.94. The summed E-state index contributed by atoms with van der Waals surface area (Å²) in [4.78, 5) is 13.6. The van der Waals surface area contributed by atoms with Crippen molar-refractivity contribution in [1.82, 2.24) is 9.97 Å². The van der Waals surface area contributed by atoms with Gasteiger partial charge in [0.2, 0.25) is 0 Å². The number of thiophene rings is 1. The van der Waals surface area contributed by atoms with Crippen molar-refractivity contribution in [3.63, 3.8) is 0 Å². The SMILES string of the molecule is Cc1cc2c(N3C[C@H](C4CC4)[C@@H](N)C3)ncnc2s1. The highest BCUT2D eigenvalue weighted by molar-refractivity contribution is 7.18. The van der Waals surface area contributed by atoms with Crippen molar-refractivity contribution in [2.75, 3.05) is 18.0 Å². The third kappa shape index (κ3) is 1.92. The largest absolute Gasteiger partial charge is 0.354 e. The summed E-state index contributed by atoms with van der Waals surface area (Å²) in [5, 5.41) is 1.19. The Hall–Kier alpha value is -1.20. The molecule has 2 aliphatic rings. The zero-order valence-electron chi connectivity index (χ0n) is 11.0. The Labute approximate surface area is 116 Å². The molecule has 0 bridgehead atoms. The fraction of sp³-hybridized carbons (Fsp3) is 0.571. The number of aromatic nitrogens is 2. The highest BCUT2D eigenvalue weighted by atomic mass is 32.1. The Kier molecular flexibility index (Phi) is 2.53. The third-order valence-corrected chi connectivity index (χ3v) is 5.33. The molecule has 2 atom stereocenters. The number of aryl methyl sites for hydroxylation is 1. The fourth-order valence-corrected chi connectivity index (χ4v) is 4.11. The number of nitrogens with zero attached hydrogens (tertiary/aromatic N) is 3. The van der Waals surface area contributed by atoms with Gasteiger partial charge in [-0.25, -0.2) is 9.97 Å². The van der Waals surface area contributed by atoms with Crippen molar-refractivity contribution in [2.45, 2.75) is 25.8 Å². The average Bonchev–Trinajstić information content (AvgIpc) is 3.04. The van der Waals surface area contributed by atoms with Gasteiger partial charge in [0.25, 0.3) is 0 Å². The topological polar surface area (TPSA) is 55.0 Å². The van der Waals surface area contributed by atoms with E-state index in [1.165, 1.54) is 23.1 Å². The second kappa shape index (κ2) is 4.15. The Morgan fingerprint density at radius 1 is 1.32 bits per heavy atom. The molecule has 2 aromatic heterocycles. The molecule has 3 heterocycles. The van der Waals surface area contributed by atoms with Gasteiger partial charge in [0, 0.05) is 24.0 Å². The first-order valence-corrected chi connectivity index (χ1v) is 7.75. The predicted molar refractivity (Wildman–Crippen MR) is 78.6 cm³/mol. The minimum atomic E-state index is 0.303. The highest BCUT2D eigenvalue weighted by Crippen LogP contribution is 2.42. The van der Waals surface area contributed by atoms with E-state index in [1.54, 1.807) is 17.7 Å². The van der Waals surface area contributed by atoms with Crippen LogP contribution < -0.4 is 10.6 Å². The van der Waals surface area contributed by atoms with Gasteiger partial charge in [0.15, 0.2) is 0 Å². The zero-order chi connectivity index (χ0) is 13.0. The van der Waals surface area contributed by atoms with E-state index in [1.807, 2.05) is 0 Å². The summed E-state index contributed by atoms with van der Waals surface area (Å²) in [6.07, 6.45) is 4.41. The van der Waals surface area contributed by atoms with Gasteiger partial charge in [-0.05, 0) is 37.7 Å². The van der Waals surface area contributed by atoms with E-state index in [9.17, 15) is 0 Å². The van der Waals surface area contributed by atoms with Crippen molar-refractivity contribution in [3.05, 3.63) is 17.3 Å². The number of hydrogen-bond acceptors (Lipinski definition) is 5. The maximum Gasteiger partial charge on any atom is 0.140 e. The molecule has 4 rings (SSSR count). The third-order valence-electron chi connectivity index (χ3n) is 4.37. The molecule has 4 nitrogen and oxygen atoms in total. The number of rotatable bonds is 2. The van der Waals surface area contributed by atoms with Crippen LogP contribution in [0.25, 0.3) is 10.2 Å². The van der Waals surface area contributed by atoms with Gasteiger partial charge in [-0.1, -0.05) is 0 Å². The highest BCUT2D eigenvalue weighted by Gasteiger charge is 2.41. The molecule has 100 valence electrons. The van der Waals surface area contributed by atoms with Crippen LogP contribution in [0.1, 0.15) is 17.7 Å². The van der Waals surface area contributed by atoms with Gasteiger partial charge in [-0.15, -0.1) is 11.3 Å². The van der Waals surface area contributed by atoms with Crippen molar-refractivity contribution in [2.24, 2.45) is 17.6 Å². The summed E-state index contributed by atoms with van der Waals surface area (Å²) in [6, 6.07) is 2.50. The van der Waals surface area contributed by atoms with Gasteiger partial charge >= 0.3 is 0 Å². The molecule has 1 aliphatic carbocycles. The van der Waals surface area contributed by atoms with Crippen LogP contribution in [0.15, 0.2) is 12.4 Å². The lowest BCUT2D eigenvalue weighted by Gasteiger charge is -2.17. The molecule has 0 unspecified atom stereocenters. The van der Waals surface area contributed by atoms with Crippen LogP contribution in [0.3, 0.4) is 0 Å². The maximum absolute atomic E-state index is 6.31. The molecular weight excluding hydrogens is 256 g/mol. The van der Waals surface area contributed by atoms with Crippen LogP contribution >= 0.6 is 11.3 Å². The van der Waals surface area contributed by atoms with Crippen LogP contribution in [0.5, 0.6) is 0 Å². The molecule has 0 aromatic carbocycles. The minimum absolute atomic E-state index is 0.303. The normalized spacial score (nSPS) is 27.4. The van der Waals surface area contributed by atoms with Gasteiger partial charge in [-0.3, -0.25) is 0 Å². The number of anilines is 1. The molecule has 2 aromatic rings. The second-order valence-electron chi connectivity index (χ2n) is 5.84. The van der Waals surface area contributed by atoms with Gasteiger partial charge in [0.05, 0.1) is 5.39 Å². The van der Waals surface area contributed by atoms with Crippen molar-refractivity contribution in [3.8, 4) is 0 Å². The van der Waals surface area contributed by atoms with Gasteiger partial charge < -0.3 is 10.6 Å². The quantitative estimate of drug-likeness (QED) is 0.912. The standard InChI is InChI=1S/C14H18N4S/c1-8-4-10-13(16-7-17-14(10)19-8)18-5-11(9-2-3-9)12(15)6-18/h4,7,9,11-12H,2-3,5-6,15H2,1H3/t11-,12+/m1/s1. The molecule has 0 amide bonds. The van der Waals surface area contributed by atoms with Crippen LogP contribution in [0.2, 0.25) is 0 Å². The molecule has 1 saturated carbocycles. The van der Waals surface area contributed by atoms with Crippen molar-refractivity contribution < 1.29 is 0 Å². The summed E-state index contributed by atoms with van der Waals surface area (Å²) in [5.74, 6) is 2.60. The molecule has 19 heavy (non-hydrogen) atoms. The molecule has 2 fully saturated rings. The van der Waals surface area contributed by atoms with E-state index in [0.717, 1.165) is 29.7 Å². The molecule has 1 aliphatic heterocycles. The average molecular weight is 274 g/mol. The Morgan fingerprint density at radius 2 is 2.16 bits per heavy atom. The lowest BCUT2D eigenvalue weighted by molar-refractivity contribution is 0.456. The monoisotopic (exact) mass is 274 g/mol. The van der Waals surface area contributed by atoms with E-state index < -0.39 is 0 Å². The molecule has 5 heteroatoms. The Morgan fingerprint density at radius 3 is 2.95 bits per heavy atom. The van der Waals surface area contributed by atoms with Crippen molar-refractivity contribution in [1.29, 1.82) is 0 Å². The van der Waals surface area contributed by atoms with E-state index in [0.29, 0.717) is 12.0 Å². The Balaban J connectivity index is 1.70. The first-order chi connectivity index (χ1) is 9.22. The molecule has 0 radical (unpaired) electrons. The van der Waals surface area contributed by atoms with Crippen LogP contribution in [-0.2, 0) is 0 Å². The van der Waals surface area contributed by atoms with E-state index in [4.69, 9.17) is 5.73 Å². The molecule has 1 saturated heterocycles. The van der Waals surface area contributed by atoms with Gasteiger partial charge in [-0.2, -0.15) is 0 Å². The van der Waals surface area contributed by atoms with E-state index >= 15 is 0 Å². The van der Waals surface area contributed by atoms with Crippen LogP contribution in [0.4, 0.5) is 5.82 Å².